The molecule has 1 N–H and O–H groups in total. The molecule has 0 fully saturated rings. The average Bonchev–Trinajstić information content (AvgIpc) is 2.66. The quantitative estimate of drug-likeness (QED) is 0.352. The fourth-order valence-corrected chi connectivity index (χ4v) is 2.44. The standard InChI is InChI=1S/C19H20N2O5/c1-4-13-5-7-14(8-6-13)18(22)12(2)26-19(23)15-9-10-16(20-3)17(11-15)21(24)25/h5-12,20H,4H2,1-3H3/t12-/m1/s1. The minimum absolute atomic E-state index is 0.0108. The topological polar surface area (TPSA) is 98.5 Å². The zero-order valence-electron chi connectivity index (χ0n) is 14.8. The Hall–Kier alpha value is -3.22. The molecule has 2 aromatic carbocycles. The van der Waals surface area contributed by atoms with Crippen LogP contribution in [0.25, 0.3) is 0 Å². The first kappa shape index (κ1) is 19.1. The van der Waals surface area contributed by atoms with Crippen molar-refractivity contribution < 1.29 is 19.2 Å². The summed E-state index contributed by atoms with van der Waals surface area (Å²) in [6.45, 7) is 3.49. The number of carbonyl (C=O) groups excluding carboxylic acids is 2. The Labute approximate surface area is 151 Å². The molecule has 0 aromatic heterocycles. The van der Waals surface area contributed by atoms with Gasteiger partial charge in [-0.05, 0) is 31.0 Å². The van der Waals surface area contributed by atoms with Crippen LogP contribution in [0.1, 0.15) is 40.1 Å². The van der Waals surface area contributed by atoms with Crippen molar-refractivity contribution in [3.63, 3.8) is 0 Å². The first-order valence-corrected chi connectivity index (χ1v) is 8.17. The molecule has 0 saturated carbocycles. The van der Waals surface area contributed by atoms with Crippen molar-refractivity contribution in [1.29, 1.82) is 0 Å². The number of nitrogens with one attached hydrogen (secondary N) is 1. The van der Waals surface area contributed by atoms with E-state index in [1.54, 1.807) is 19.2 Å². The summed E-state index contributed by atoms with van der Waals surface area (Å²) in [5, 5.41) is 13.8. The van der Waals surface area contributed by atoms with Crippen LogP contribution in [-0.2, 0) is 11.2 Å². The molecular formula is C19H20N2O5. The molecule has 2 rings (SSSR count). The van der Waals surface area contributed by atoms with Gasteiger partial charge >= 0.3 is 5.97 Å². The van der Waals surface area contributed by atoms with E-state index in [-0.39, 0.29) is 22.7 Å². The number of nitro groups is 1. The van der Waals surface area contributed by atoms with Gasteiger partial charge in [-0.15, -0.1) is 0 Å². The molecule has 0 bridgehead atoms. The summed E-state index contributed by atoms with van der Waals surface area (Å²) in [6.07, 6.45) is -0.140. The normalized spacial score (nSPS) is 11.5. The van der Waals surface area contributed by atoms with Gasteiger partial charge in [0.2, 0.25) is 5.78 Å². The summed E-state index contributed by atoms with van der Waals surface area (Å²) in [7, 11) is 1.55. The number of nitro benzene ring substituents is 1. The second-order valence-electron chi connectivity index (χ2n) is 5.70. The van der Waals surface area contributed by atoms with Crippen molar-refractivity contribution in [3.05, 3.63) is 69.3 Å². The third-order valence-electron chi connectivity index (χ3n) is 4.00. The molecule has 0 saturated heterocycles. The van der Waals surface area contributed by atoms with Crippen molar-refractivity contribution in [2.24, 2.45) is 0 Å². The molecule has 0 aliphatic carbocycles. The minimum atomic E-state index is -1.00. The number of rotatable bonds is 7. The number of aryl methyl sites for hydroxylation is 1. The maximum atomic E-state index is 12.4. The highest BCUT2D eigenvalue weighted by Crippen LogP contribution is 2.25. The van der Waals surface area contributed by atoms with E-state index in [1.807, 2.05) is 19.1 Å². The van der Waals surface area contributed by atoms with Crippen LogP contribution in [0.15, 0.2) is 42.5 Å². The van der Waals surface area contributed by atoms with Gasteiger partial charge in [0.25, 0.3) is 5.69 Å². The van der Waals surface area contributed by atoms with Crippen molar-refractivity contribution in [3.8, 4) is 0 Å². The molecule has 1 atom stereocenters. The first-order chi connectivity index (χ1) is 12.4. The van der Waals surface area contributed by atoms with Gasteiger partial charge in [-0.1, -0.05) is 31.2 Å². The van der Waals surface area contributed by atoms with Gasteiger partial charge in [0.15, 0.2) is 6.10 Å². The van der Waals surface area contributed by atoms with Gasteiger partial charge in [0.1, 0.15) is 5.69 Å². The van der Waals surface area contributed by atoms with Gasteiger partial charge in [0.05, 0.1) is 10.5 Å². The molecule has 7 heteroatoms. The molecule has 0 aliphatic rings. The van der Waals surface area contributed by atoms with Crippen LogP contribution in [0.5, 0.6) is 0 Å². The number of hydrogen-bond donors (Lipinski definition) is 1. The number of anilines is 1. The first-order valence-electron chi connectivity index (χ1n) is 8.17. The highest BCUT2D eigenvalue weighted by molar-refractivity contribution is 6.01. The largest absolute Gasteiger partial charge is 0.451 e. The number of ether oxygens (including phenoxy) is 1. The highest BCUT2D eigenvalue weighted by Gasteiger charge is 2.23. The molecule has 7 nitrogen and oxygen atoms in total. The van der Waals surface area contributed by atoms with Crippen LogP contribution in [0, 0.1) is 10.1 Å². The predicted octanol–water partition coefficient (Wildman–Crippen LogP) is 3.63. The predicted molar refractivity (Wildman–Crippen MR) is 97.7 cm³/mol. The van der Waals surface area contributed by atoms with Gasteiger partial charge in [-0.3, -0.25) is 14.9 Å². The molecule has 0 spiro atoms. The van der Waals surface area contributed by atoms with E-state index >= 15 is 0 Å². The lowest BCUT2D eigenvalue weighted by molar-refractivity contribution is -0.384. The molecule has 0 radical (unpaired) electrons. The maximum absolute atomic E-state index is 12.4. The highest BCUT2D eigenvalue weighted by atomic mass is 16.6. The minimum Gasteiger partial charge on any atom is -0.451 e. The third-order valence-corrected chi connectivity index (χ3v) is 4.00. The lowest BCUT2D eigenvalue weighted by Crippen LogP contribution is -2.24. The fourth-order valence-electron chi connectivity index (χ4n) is 2.44. The van der Waals surface area contributed by atoms with Crippen molar-refractivity contribution in [2.45, 2.75) is 26.4 Å². The van der Waals surface area contributed by atoms with Crippen LogP contribution < -0.4 is 5.32 Å². The van der Waals surface area contributed by atoms with Crippen molar-refractivity contribution in [2.75, 3.05) is 12.4 Å². The average molecular weight is 356 g/mol. The molecule has 136 valence electrons. The third kappa shape index (κ3) is 4.24. The molecule has 2 aromatic rings. The molecule has 0 aliphatic heterocycles. The van der Waals surface area contributed by atoms with Crippen molar-refractivity contribution in [1.82, 2.24) is 0 Å². The van der Waals surface area contributed by atoms with Crippen molar-refractivity contribution >= 4 is 23.1 Å². The molecule has 0 heterocycles. The van der Waals surface area contributed by atoms with Gasteiger partial charge in [-0.25, -0.2) is 4.79 Å². The van der Waals surface area contributed by atoms with E-state index in [1.165, 1.54) is 19.1 Å². The van der Waals surface area contributed by atoms with Crippen LogP contribution in [-0.4, -0.2) is 29.8 Å². The van der Waals surface area contributed by atoms with E-state index in [4.69, 9.17) is 4.74 Å². The molecule has 26 heavy (non-hydrogen) atoms. The Bertz CT molecular complexity index is 830. The number of nitrogens with zero attached hydrogens (tertiary/aromatic N) is 1. The number of benzene rings is 2. The molecule has 0 unspecified atom stereocenters. The summed E-state index contributed by atoms with van der Waals surface area (Å²) in [4.78, 5) is 35.1. The van der Waals surface area contributed by atoms with E-state index in [9.17, 15) is 19.7 Å². The van der Waals surface area contributed by atoms with Gasteiger partial charge in [0, 0.05) is 18.7 Å². The monoisotopic (exact) mass is 356 g/mol. The van der Waals surface area contributed by atoms with E-state index in [0.717, 1.165) is 18.1 Å². The van der Waals surface area contributed by atoms with Crippen LogP contribution in [0.4, 0.5) is 11.4 Å². The summed E-state index contributed by atoms with van der Waals surface area (Å²) in [5.74, 6) is -1.12. The SMILES string of the molecule is CCc1ccc(C(=O)[C@@H](C)OC(=O)c2ccc(NC)c([N+](=O)[O-])c2)cc1. The smallest absolute Gasteiger partial charge is 0.339 e. The lowest BCUT2D eigenvalue weighted by Gasteiger charge is -2.13. The number of hydrogen-bond acceptors (Lipinski definition) is 6. The molecule has 0 amide bonds. The number of carbonyl (C=O) groups is 2. The Kier molecular flexibility index (Phi) is 6.06. The summed E-state index contributed by atoms with van der Waals surface area (Å²) >= 11 is 0. The zero-order chi connectivity index (χ0) is 19.3. The summed E-state index contributed by atoms with van der Waals surface area (Å²) in [5.41, 5.74) is 1.60. The fraction of sp³-hybridized carbons (Fsp3) is 0.263. The Morgan fingerprint density at radius 3 is 2.31 bits per heavy atom. The Balaban J connectivity index is 2.14. The summed E-state index contributed by atoms with van der Waals surface area (Å²) < 4.78 is 5.19. The van der Waals surface area contributed by atoms with Crippen LogP contribution in [0.3, 0.4) is 0 Å². The number of esters is 1. The maximum Gasteiger partial charge on any atom is 0.339 e. The Morgan fingerprint density at radius 1 is 1.15 bits per heavy atom. The van der Waals surface area contributed by atoms with E-state index in [2.05, 4.69) is 5.32 Å². The van der Waals surface area contributed by atoms with Gasteiger partial charge in [-0.2, -0.15) is 0 Å². The lowest BCUT2D eigenvalue weighted by atomic mass is 10.0. The Morgan fingerprint density at radius 2 is 1.77 bits per heavy atom. The van der Waals surface area contributed by atoms with Crippen LogP contribution in [0.2, 0.25) is 0 Å². The number of Topliss-reactive ketones (excluding diaryl/α,β-unsaturated/α-hetero) is 1. The molecular weight excluding hydrogens is 336 g/mol. The second kappa shape index (κ2) is 8.24. The van der Waals surface area contributed by atoms with E-state index in [0.29, 0.717) is 5.56 Å². The number of ketones is 1. The summed E-state index contributed by atoms with van der Waals surface area (Å²) in [6, 6.07) is 11.0. The van der Waals surface area contributed by atoms with E-state index < -0.39 is 17.0 Å². The van der Waals surface area contributed by atoms with Gasteiger partial charge < -0.3 is 10.1 Å². The zero-order valence-corrected chi connectivity index (χ0v) is 14.8. The second-order valence-corrected chi connectivity index (χ2v) is 5.70. The van der Waals surface area contributed by atoms with Crippen LogP contribution >= 0.6 is 0 Å².